The molecule has 20 heteroatoms. The largest absolute Gasteiger partial charge is 0.569 e. The average Bonchev–Trinajstić information content (AvgIpc) is 3.49. The maximum atomic E-state index is 13.5. The number of sulfonamides is 1. The summed E-state index contributed by atoms with van der Waals surface area (Å²) in [5.74, 6) is -1.85. The van der Waals surface area contributed by atoms with E-state index in [1.54, 1.807) is 31.2 Å². The molecule has 1 N–H and O–H groups in total. The highest BCUT2D eigenvalue weighted by Crippen LogP contribution is 2.33. The molecule has 0 radical (unpaired) electrons. The first-order chi connectivity index (χ1) is 23.6. The van der Waals surface area contributed by atoms with E-state index in [0.717, 1.165) is 28.4 Å². The highest BCUT2D eigenvalue weighted by molar-refractivity contribution is 7.90. The van der Waals surface area contributed by atoms with E-state index in [9.17, 15) is 41.2 Å². The second kappa shape index (κ2) is 15.9. The Kier molecular flexibility index (Phi) is 11.9. The molecule has 2 heterocycles. The summed E-state index contributed by atoms with van der Waals surface area (Å²) < 4.78 is 83.4. The normalized spacial score (nSPS) is 15.4. The molecule has 1 amide bonds. The molecular formula is C30H33F3N6O10S. The number of aromatic nitrogens is 2. The molecule has 1 unspecified atom stereocenters. The minimum absolute atomic E-state index is 0.0786. The van der Waals surface area contributed by atoms with E-state index in [-0.39, 0.29) is 41.0 Å². The molecule has 1 aliphatic heterocycles. The Hall–Kier alpha value is -5.40. The lowest BCUT2D eigenvalue weighted by atomic mass is 10.1. The summed E-state index contributed by atoms with van der Waals surface area (Å²) >= 11 is 0. The van der Waals surface area contributed by atoms with Gasteiger partial charge < -0.3 is 19.4 Å². The third-order valence-corrected chi connectivity index (χ3v) is 8.49. The SMILES string of the molecule is CCOC(=O)OC(C)O/N=[N+](\[O-])N1CC[C@H]1COC(=O)CCC(=O)NS(=O)(=O)c1ccc(-n2nc(C(F)(F)F)cc2-c2ccc(C)cc2)cc1. The Bertz CT molecular complexity index is 1820. The van der Waals surface area contributed by atoms with E-state index in [1.807, 2.05) is 11.6 Å². The molecule has 16 nitrogen and oxygen atoms in total. The number of carbonyl (C=O) groups excluding carboxylic acids is 3. The first-order valence-electron chi connectivity index (χ1n) is 15.1. The van der Waals surface area contributed by atoms with Crippen LogP contribution in [0.4, 0.5) is 18.0 Å². The zero-order valence-corrected chi connectivity index (χ0v) is 27.8. The quantitative estimate of drug-likeness (QED) is 0.0811. The summed E-state index contributed by atoms with van der Waals surface area (Å²) in [5, 5.41) is 20.3. The van der Waals surface area contributed by atoms with Crippen LogP contribution in [-0.4, -0.2) is 78.3 Å². The molecule has 0 aliphatic carbocycles. The summed E-state index contributed by atoms with van der Waals surface area (Å²) in [6.45, 7) is 4.81. The number of halogens is 3. The maximum Gasteiger partial charge on any atom is 0.511 e. The molecule has 50 heavy (non-hydrogen) atoms. The number of ether oxygens (including phenoxy) is 3. The van der Waals surface area contributed by atoms with Gasteiger partial charge in [-0.2, -0.15) is 18.3 Å². The predicted octanol–water partition coefficient (Wildman–Crippen LogP) is 4.40. The van der Waals surface area contributed by atoms with Gasteiger partial charge >= 0.3 is 18.3 Å². The van der Waals surface area contributed by atoms with Crippen molar-refractivity contribution in [2.24, 2.45) is 5.28 Å². The molecule has 1 fully saturated rings. The Balaban J connectivity index is 1.28. The van der Waals surface area contributed by atoms with Gasteiger partial charge in [0.2, 0.25) is 11.2 Å². The van der Waals surface area contributed by atoms with Crippen LogP contribution in [0.2, 0.25) is 0 Å². The Labute approximate surface area is 283 Å². The van der Waals surface area contributed by atoms with Crippen molar-refractivity contribution in [3.05, 3.63) is 71.1 Å². The lowest BCUT2D eigenvalue weighted by Gasteiger charge is -2.34. The Morgan fingerprint density at radius 1 is 1.10 bits per heavy atom. The maximum absolute atomic E-state index is 13.5. The molecule has 2 aromatic carbocycles. The van der Waals surface area contributed by atoms with Crippen molar-refractivity contribution in [2.45, 2.75) is 63.4 Å². The first-order valence-corrected chi connectivity index (χ1v) is 16.6. The van der Waals surface area contributed by atoms with Gasteiger partial charge in [0.05, 0.1) is 40.8 Å². The van der Waals surface area contributed by atoms with Crippen molar-refractivity contribution < 1.29 is 60.0 Å². The summed E-state index contributed by atoms with van der Waals surface area (Å²) in [6, 6.07) is 11.7. The van der Waals surface area contributed by atoms with Crippen LogP contribution in [0.5, 0.6) is 0 Å². The number of amides is 1. The molecule has 1 saturated heterocycles. The van der Waals surface area contributed by atoms with Gasteiger partial charge in [0.25, 0.3) is 16.3 Å². The number of hydrazine groups is 1. The standard InChI is InChI=1S/C30H33F3N6O10S/c1-4-46-29(42)48-20(3)49-36-39(43)37-16-15-23(37)18-47-28(41)14-13-27(40)35-50(44,45)24-11-9-22(10-12-24)38-25(17-26(34-38)30(31,32)33)21-7-5-19(2)6-8-21/h5-12,17,20,23H,4,13-16,18H2,1-3H3,(H,35,40)/b39-36-/t20?,23-/m0/s1. The number of aryl methyl sites for hydroxylation is 1. The van der Waals surface area contributed by atoms with Gasteiger partial charge in [-0.15, -0.1) is 5.01 Å². The molecule has 3 aromatic rings. The average molecular weight is 727 g/mol. The number of carbonyl (C=O) groups is 3. The zero-order chi connectivity index (χ0) is 36.6. The molecule has 0 spiro atoms. The van der Waals surface area contributed by atoms with Gasteiger partial charge in [-0.1, -0.05) is 29.8 Å². The first kappa shape index (κ1) is 37.4. The third-order valence-electron chi connectivity index (χ3n) is 7.10. The number of esters is 1. The monoisotopic (exact) mass is 726 g/mol. The molecule has 1 aromatic heterocycles. The third kappa shape index (κ3) is 9.83. The van der Waals surface area contributed by atoms with E-state index in [0.29, 0.717) is 12.0 Å². The highest BCUT2D eigenvalue weighted by Gasteiger charge is 2.37. The summed E-state index contributed by atoms with van der Waals surface area (Å²) in [7, 11) is -4.42. The van der Waals surface area contributed by atoms with Crippen molar-refractivity contribution in [1.29, 1.82) is 0 Å². The van der Waals surface area contributed by atoms with E-state index in [2.05, 4.69) is 15.1 Å². The molecule has 0 saturated carbocycles. The smallest absolute Gasteiger partial charge is 0.511 e. The van der Waals surface area contributed by atoms with Crippen LogP contribution in [0, 0.1) is 12.1 Å². The number of nitrogens with zero attached hydrogens (tertiary/aromatic N) is 5. The predicted molar refractivity (Wildman–Crippen MR) is 164 cm³/mol. The molecule has 1 aliphatic rings. The van der Waals surface area contributed by atoms with Crippen LogP contribution in [0.3, 0.4) is 0 Å². The van der Waals surface area contributed by atoms with Gasteiger partial charge in [0.15, 0.2) is 5.69 Å². The van der Waals surface area contributed by atoms with Crippen LogP contribution in [0.15, 0.2) is 64.8 Å². The highest BCUT2D eigenvalue weighted by atomic mass is 32.2. The number of nitrogens with one attached hydrogen (secondary N) is 1. The number of hydrogen-bond acceptors (Lipinski definition) is 12. The fourth-order valence-electron chi connectivity index (χ4n) is 4.43. The van der Waals surface area contributed by atoms with E-state index < -0.39 is 65.1 Å². The summed E-state index contributed by atoms with van der Waals surface area (Å²) in [6.07, 6.45) is -7.51. The summed E-state index contributed by atoms with van der Waals surface area (Å²) in [4.78, 5) is 40.4. The topological polar surface area (TPSA) is 194 Å². The van der Waals surface area contributed by atoms with Gasteiger partial charge in [-0.05, 0) is 50.6 Å². The van der Waals surface area contributed by atoms with Crippen LogP contribution in [-0.2, 0) is 44.8 Å². The molecule has 0 bridgehead atoms. The van der Waals surface area contributed by atoms with Crippen molar-refractivity contribution in [3.63, 3.8) is 0 Å². The summed E-state index contributed by atoms with van der Waals surface area (Å²) in [5.41, 5.74) is 0.470. The van der Waals surface area contributed by atoms with Crippen molar-refractivity contribution in [2.75, 3.05) is 19.8 Å². The van der Waals surface area contributed by atoms with Crippen LogP contribution >= 0.6 is 0 Å². The van der Waals surface area contributed by atoms with Crippen LogP contribution in [0.25, 0.3) is 16.9 Å². The second-order valence-electron chi connectivity index (χ2n) is 10.8. The van der Waals surface area contributed by atoms with Gasteiger partial charge in [0, 0.05) is 18.9 Å². The van der Waals surface area contributed by atoms with Crippen molar-refractivity contribution in [1.82, 2.24) is 19.5 Å². The van der Waals surface area contributed by atoms with E-state index >= 15 is 0 Å². The van der Waals surface area contributed by atoms with Crippen molar-refractivity contribution >= 4 is 28.1 Å². The number of alkyl halides is 3. The Morgan fingerprint density at radius 3 is 2.38 bits per heavy atom. The lowest BCUT2D eigenvalue weighted by molar-refractivity contribution is -0.734. The van der Waals surface area contributed by atoms with Crippen molar-refractivity contribution in [3.8, 4) is 16.9 Å². The van der Waals surface area contributed by atoms with Gasteiger partial charge in [0.1, 0.15) is 12.6 Å². The van der Waals surface area contributed by atoms with Gasteiger partial charge in [-0.25, -0.2) is 22.6 Å². The molecule has 2 atom stereocenters. The fourth-order valence-corrected chi connectivity index (χ4v) is 5.45. The van der Waals surface area contributed by atoms with E-state index in [4.69, 9.17) is 14.3 Å². The number of rotatable bonds is 14. The number of hydrogen-bond donors (Lipinski definition) is 1. The zero-order valence-electron chi connectivity index (χ0n) is 27.0. The fraction of sp³-hybridized carbons (Fsp3) is 0.400. The number of benzene rings is 2. The minimum atomic E-state index is -4.73. The van der Waals surface area contributed by atoms with Crippen LogP contribution < -0.4 is 4.72 Å². The van der Waals surface area contributed by atoms with Crippen LogP contribution in [0.1, 0.15) is 44.4 Å². The Morgan fingerprint density at radius 2 is 1.78 bits per heavy atom. The molecule has 4 rings (SSSR count). The molecule has 270 valence electrons. The lowest BCUT2D eigenvalue weighted by Crippen LogP contribution is -2.53. The van der Waals surface area contributed by atoms with E-state index in [1.165, 1.54) is 24.1 Å². The molecular weight excluding hydrogens is 693 g/mol. The van der Waals surface area contributed by atoms with Gasteiger partial charge in [-0.3, -0.25) is 14.4 Å². The second-order valence-corrected chi connectivity index (χ2v) is 12.5. The minimum Gasteiger partial charge on any atom is -0.569 e.